The zero-order chi connectivity index (χ0) is 19.9. The highest BCUT2D eigenvalue weighted by atomic mass is 16.2. The summed E-state index contributed by atoms with van der Waals surface area (Å²) in [4.78, 5) is 23.3. The fourth-order valence-electron chi connectivity index (χ4n) is 3.62. The predicted molar refractivity (Wildman–Crippen MR) is 115 cm³/mol. The van der Waals surface area contributed by atoms with Crippen LogP contribution in [0.25, 0.3) is 0 Å². The van der Waals surface area contributed by atoms with Crippen molar-refractivity contribution in [2.75, 3.05) is 49.5 Å². The molecule has 1 aromatic heterocycles. The van der Waals surface area contributed by atoms with Crippen LogP contribution in [0.15, 0.2) is 42.7 Å². The Morgan fingerprint density at radius 1 is 1.07 bits per heavy atom. The summed E-state index contributed by atoms with van der Waals surface area (Å²) in [5.74, 6) is 0. The molecule has 2 amide bonds. The molecule has 1 aliphatic heterocycles. The number of nitrogens with one attached hydrogen (secondary N) is 1. The Labute approximate surface area is 168 Å². The van der Waals surface area contributed by atoms with Crippen LogP contribution in [0.4, 0.5) is 16.2 Å². The third-order valence-electron chi connectivity index (χ3n) is 5.40. The molecular formula is C22H31N5O. The number of hydrogen-bond donors (Lipinski definition) is 1. The quantitative estimate of drug-likeness (QED) is 0.831. The van der Waals surface area contributed by atoms with Gasteiger partial charge in [0, 0.05) is 69.6 Å². The lowest BCUT2D eigenvalue weighted by Crippen LogP contribution is -2.49. The fourth-order valence-corrected chi connectivity index (χ4v) is 3.62. The van der Waals surface area contributed by atoms with E-state index < -0.39 is 0 Å². The van der Waals surface area contributed by atoms with Crippen LogP contribution in [0.2, 0.25) is 0 Å². The highest BCUT2D eigenvalue weighted by molar-refractivity contribution is 5.90. The SMILES string of the molecule is CCN(CC)c1ccc(NC(=O)N2CCN(Cc3ccncc3)CC2)c(C)c1. The number of nitrogens with zero attached hydrogens (tertiary/aromatic N) is 4. The molecule has 3 rings (SSSR count). The van der Waals surface area contributed by atoms with E-state index in [4.69, 9.17) is 0 Å². The van der Waals surface area contributed by atoms with E-state index in [1.165, 1.54) is 11.3 Å². The lowest BCUT2D eigenvalue weighted by atomic mass is 10.1. The fraction of sp³-hybridized carbons (Fsp3) is 0.455. The summed E-state index contributed by atoms with van der Waals surface area (Å²) in [6.07, 6.45) is 3.65. The maximum absolute atomic E-state index is 12.7. The van der Waals surface area contributed by atoms with Crippen molar-refractivity contribution in [3.05, 3.63) is 53.9 Å². The average molecular weight is 382 g/mol. The van der Waals surface area contributed by atoms with Crippen molar-refractivity contribution in [3.63, 3.8) is 0 Å². The van der Waals surface area contributed by atoms with Crippen molar-refractivity contribution in [2.24, 2.45) is 0 Å². The first-order chi connectivity index (χ1) is 13.6. The smallest absolute Gasteiger partial charge is 0.321 e. The van der Waals surface area contributed by atoms with Crippen molar-refractivity contribution in [1.29, 1.82) is 0 Å². The Kier molecular flexibility index (Phi) is 6.87. The van der Waals surface area contributed by atoms with Crippen molar-refractivity contribution < 1.29 is 4.79 Å². The molecule has 2 aromatic rings. The molecule has 0 spiro atoms. The molecule has 0 bridgehead atoms. The van der Waals surface area contributed by atoms with Crippen LogP contribution in [0.1, 0.15) is 25.0 Å². The number of carbonyl (C=O) groups excluding carboxylic acids is 1. The first kappa shape index (κ1) is 20.1. The summed E-state index contributed by atoms with van der Waals surface area (Å²) >= 11 is 0. The second-order valence-electron chi connectivity index (χ2n) is 7.22. The van der Waals surface area contributed by atoms with Gasteiger partial charge in [-0.3, -0.25) is 9.88 Å². The molecule has 150 valence electrons. The van der Waals surface area contributed by atoms with Gasteiger partial charge in [0.1, 0.15) is 0 Å². The largest absolute Gasteiger partial charge is 0.372 e. The number of pyridine rings is 1. The molecule has 1 saturated heterocycles. The van der Waals surface area contributed by atoms with Crippen LogP contribution >= 0.6 is 0 Å². The molecule has 0 unspecified atom stereocenters. The van der Waals surface area contributed by atoms with E-state index in [0.717, 1.165) is 57.1 Å². The minimum atomic E-state index is -0.0118. The molecule has 0 radical (unpaired) electrons. The van der Waals surface area contributed by atoms with Crippen LogP contribution in [-0.2, 0) is 6.54 Å². The average Bonchev–Trinajstić information content (AvgIpc) is 2.72. The molecule has 0 atom stereocenters. The Balaban J connectivity index is 1.53. The van der Waals surface area contributed by atoms with Crippen LogP contribution < -0.4 is 10.2 Å². The van der Waals surface area contributed by atoms with Crippen molar-refractivity contribution in [1.82, 2.24) is 14.8 Å². The lowest BCUT2D eigenvalue weighted by Gasteiger charge is -2.34. The van der Waals surface area contributed by atoms with E-state index in [0.29, 0.717) is 0 Å². The van der Waals surface area contributed by atoms with Gasteiger partial charge in [-0.1, -0.05) is 0 Å². The molecule has 28 heavy (non-hydrogen) atoms. The lowest BCUT2D eigenvalue weighted by molar-refractivity contribution is 0.143. The Morgan fingerprint density at radius 2 is 1.75 bits per heavy atom. The van der Waals surface area contributed by atoms with Gasteiger partial charge in [0.15, 0.2) is 0 Å². The second kappa shape index (κ2) is 9.55. The van der Waals surface area contributed by atoms with E-state index in [1.807, 2.05) is 35.5 Å². The topological polar surface area (TPSA) is 51.7 Å². The number of rotatable bonds is 6. The summed E-state index contributed by atoms with van der Waals surface area (Å²) in [5.41, 5.74) is 4.44. The number of benzene rings is 1. The molecule has 1 aromatic carbocycles. The first-order valence-electron chi connectivity index (χ1n) is 10.1. The molecule has 1 fully saturated rings. The summed E-state index contributed by atoms with van der Waals surface area (Å²) in [6.45, 7) is 12.5. The number of aryl methyl sites for hydroxylation is 1. The zero-order valence-electron chi connectivity index (χ0n) is 17.2. The zero-order valence-corrected chi connectivity index (χ0v) is 17.2. The normalized spacial score (nSPS) is 14.8. The van der Waals surface area contributed by atoms with Gasteiger partial charge in [-0.25, -0.2) is 4.79 Å². The first-order valence-corrected chi connectivity index (χ1v) is 10.1. The second-order valence-corrected chi connectivity index (χ2v) is 7.22. The van der Waals surface area contributed by atoms with Crippen molar-refractivity contribution in [3.8, 4) is 0 Å². The summed E-state index contributed by atoms with van der Waals surface area (Å²) in [5, 5.41) is 3.09. The van der Waals surface area contributed by atoms with Gasteiger partial charge in [0.05, 0.1) is 0 Å². The standard InChI is InChI=1S/C22H31N5O/c1-4-26(5-2)20-6-7-21(18(3)16-20)24-22(28)27-14-12-25(13-15-27)17-19-8-10-23-11-9-19/h6-11,16H,4-5,12-15,17H2,1-3H3,(H,24,28). The van der Waals surface area contributed by atoms with Gasteiger partial charge in [-0.2, -0.15) is 0 Å². The minimum absolute atomic E-state index is 0.0118. The van der Waals surface area contributed by atoms with E-state index in [9.17, 15) is 4.79 Å². The van der Waals surface area contributed by atoms with Gasteiger partial charge >= 0.3 is 6.03 Å². The van der Waals surface area contributed by atoms with E-state index in [1.54, 1.807) is 0 Å². The predicted octanol–water partition coefficient (Wildman–Crippen LogP) is 3.59. The summed E-state index contributed by atoms with van der Waals surface area (Å²) < 4.78 is 0. The van der Waals surface area contributed by atoms with Crippen LogP contribution in [0.3, 0.4) is 0 Å². The number of piperazine rings is 1. The molecule has 2 heterocycles. The molecule has 0 saturated carbocycles. The van der Waals surface area contributed by atoms with Gasteiger partial charge in [0.2, 0.25) is 0 Å². The maximum Gasteiger partial charge on any atom is 0.321 e. The Bertz CT molecular complexity index is 768. The Hall–Kier alpha value is -2.60. The van der Waals surface area contributed by atoms with Crippen LogP contribution in [0.5, 0.6) is 0 Å². The number of anilines is 2. The molecule has 0 aliphatic carbocycles. The van der Waals surface area contributed by atoms with Gasteiger partial charge < -0.3 is 15.1 Å². The van der Waals surface area contributed by atoms with E-state index >= 15 is 0 Å². The van der Waals surface area contributed by atoms with Gasteiger partial charge in [-0.05, 0) is 62.2 Å². The third-order valence-corrected chi connectivity index (χ3v) is 5.40. The molecule has 6 heteroatoms. The number of urea groups is 1. The Morgan fingerprint density at radius 3 is 2.36 bits per heavy atom. The summed E-state index contributed by atoms with van der Waals surface area (Å²) in [7, 11) is 0. The van der Waals surface area contributed by atoms with Gasteiger partial charge in [-0.15, -0.1) is 0 Å². The third kappa shape index (κ3) is 5.01. The molecular weight excluding hydrogens is 350 g/mol. The molecule has 1 N–H and O–H groups in total. The summed E-state index contributed by atoms with van der Waals surface area (Å²) in [6, 6.07) is 10.3. The van der Waals surface area contributed by atoms with E-state index in [2.05, 4.69) is 53.0 Å². The van der Waals surface area contributed by atoms with E-state index in [-0.39, 0.29) is 6.03 Å². The highest BCUT2D eigenvalue weighted by Crippen LogP contribution is 2.23. The highest BCUT2D eigenvalue weighted by Gasteiger charge is 2.21. The minimum Gasteiger partial charge on any atom is -0.372 e. The van der Waals surface area contributed by atoms with Crippen LogP contribution in [-0.4, -0.2) is 60.1 Å². The number of carbonyl (C=O) groups is 1. The number of hydrogen-bond acceptors (Lipinski definition) is 4. The van der Waals surface area contributed by atoms with Gasteiger partial charge in [0.25, 0.3) is 0 Å². The number of amides is 2. The molecule has 1 aliphatic rings. The van der Waals surface area contributed by atoms with Crippen molar-refractivity contribution in [2.45, 2.75) is 27.3 Å². The monoisotopic (exact) mass is 381 g/mol. The number of aromatic nitrogens is 1. The molecule has 6 nitrogen and oxygen atoms in total. The van der Waals surface area contributed by atoms with Crippen molar-refractivity contribution >= 4 is 17.4 Å². The maximum atomic E-state index is 12.7. The van der Waals surface area contributed by atoms with Crippen LogP contribution in [0, 0.1) is 6.92 Å².